The van der Waals surface area contributed by atoms with Gasteiger partial charge in [-0.15, -0.1) is 0 Å². The molecule has 25 heavy (non-hydrogen) atoms. The predicted octanol–water partition coefficient (Wildman–Crippen LogP) is 4.06. The molecule has 0 aliphatic rings. The summed E-state index contributed by atoms with van der Waals surface area (Å²) in [6.45, 7) is 6.70. The number of aryl methyl sites for hydroxylation is 4. The van der Waals surface area contributed by atoms with Gasteiger partial charge < -0.3 is 15.0 Å². The molecular formula is C20H23N3O2. The molecule has 0 unspecified atom stereocenters. The number of carboxylic acids is 1. The van der Waals surface area contributed by atoms with E-state index >= 15 is 0 Å². The van der Waals surface area contributed by atoms with Gasteiger partial charge in [0, 0.05) is 13.6 Å². The maximum atomic E-state index is 11.7. The summed E-state index contributed by atoms with van der Waals surface area (Å²) in [5.41, 5.74) is 6.14. The minimum absolute atomic E-state index is 0.247. The monoisotopic (exact) mass is 337 g/mol. The predicted molar refractivity (Wildman–Crippen MR) is 100 cm³/mol. The highest BCUT2D eigenvalue weighted by atomic mass is 16.4. The van der Waals surface area contributed by atoms with Gasteiger partial charge in [0.2, 0.25) is 0 Å². The van der Waals surface area contributed by atoms with Crippen molar-refractivity contribution < 1.29 is 9.90 Å². The lowest BCUT2D eigenvalue weighted by atomic mass is 10.00. The molecule has 3 aromatic rings. The van der Waals surface area contributed by atoms with Gasteiger partial charge >= 0.3 is 5.97 Å². The minimum Gasteiger partial charge on any atom is -0.478 e. The molecule has 1 heterocycles. The second kappa shape index (κ2) is 6.59. The Kier molecular flexibility index (Phi) is 4.49. The Bertz CT molecular complexity index is 957. The van der Waals surface area contributed by atoms with Crippen LogP contribution in [0.5, 0.6) is 0 Å². The van der Waals surface area contributed by atoms with Crippen LogP contribution in [-0.4, -0.2) is 20.6 Å². The zero-order valence-electron chi connectivity index (χ0n) is 15.1. The fourth-order valence-electron chi connectivity index (χ4n) is 3.26. The summed E-state index contributed by atoms with van der Waals surface area (Å²) in [7, 11) is 1.94. The molecular weight excluding hydrogens is 314 g/mol. The molecule has 130 valence electrons. The zero-order chi connectivity index (χ0) is 18.1. The Balaban J connectivity index is 2.08. The van der Waals surface area contributed by atoms with Gasteiger partial charge in [0.15, 0.2) is 0 Å². The van der Waals surface area contributed by atoms with E-state index in [9.17, 15) is 9.90 Å². The lowest BCUT2D eigenvalue weighted by Crippen LogP contribution is -2.09. The van der Waals surface area contributed by atoms with Crippen molar-refractivity contribution in [2.45, 2.75) is 33.7 Å². The Morgan fingerprint density at radius 3 is 2.68 bits per heavy atom. The number of carbonyl (C=O) groups is 1. The van der Waals surface area contributed by atoms with E-state index in [1.807, 2.05) is 24.6 Å². The largest absolute Gasteiger partial charge is 0.478 e. The van der Waals surface area contributed by atoms with Crippen LogP contribution in [0.15, 0.2) is 30.3 Å². The van der Waals surface area contributed by atoms with Gasteiger partial charge in [0.1, 0.15) is 11.3 Å². The van der Waals surface area contributed by atoms with Crippen LogP contribution in [0.1, 0.15) is 39.8 Å². The minimum atomic E-state index is -0.951. The van der Waals surface area contributed by atoms with Gasteiger partial charge in [-0.2, -0.15) is 0 Å². The van der Waals surface area contributed by atoms with E-state index in [2.05, 4.69) is 42.3 Å². The van der Waals surface area contributed by atoms with Crippen molar-refractivity contribution in [3.8, 4) is 0 Å². The quantitative estimate of drug-likeness (QED) is 0.737. The molecule has 1 aromatic heterocycles. The molecule has 2 aromatic carbocycles. The smallest absolute Gasteiger partial charge is 0.337 e. The molecule has 0 spiro atoms. The van der Waals surface area contributed by atoms with Crippen LogP contribution in [0, 0.1) is 13.8 Å². The summed E-state index contributed by atoms with van der Waals surface area (Å²) in [6.07, 6.45) is 0.942. The molecule has 0 atom stereocenters. The first-order chi connectivity index (χ1) is 11.9. The van der Waals surface area contributed by atoms with Crippen molar-refractivity contribution >= 4 is 22.7 Å². The molecule has 5 nitrogen and oxygen atoms in total. The van der Waals surface area contributed by atoms with Crippen molar-refractivity contribution in [2.75, 3.05) is 5.32 Å². The highest BCUT2D eigenvalue weighted by Gasteiger charge is 2.18. The molecule has 0 fully saturated rings. The van der Waals surface area contributed by atoms with Crippen LogP contribution in [0.4, 0.5) is 5.69 Å². The van der Waals surface area contributed by atoms with Gasteiger partial charge in [0.25, 0.3) is 0 Å². The Morgan fingerprint density at radius 2 is 2.00 bits per heavy atom. The number of anilines is 1. The second-order valence-corrected chi connectivity index (χ2v) is 6.30. The van der Waals surface area contributed by atoms with Crippen LogP contribution in [0.2, 0.25) is 0 Å². The Hall–Kier alpha value is -2.82. The molecule has 2 N–H and O–H groups in total. The van der Waals surface area contributed by atoms with Gasteiger partial charge in [0.05, 0.1) is 16.8 Å². The average Bonchev–Trinajstić information content (AvgIpc) is 2.88. The van der Waals surface area contributed by atoms with Crippen molar-refractivity contribution in [3.05, 3.63) is 58.4 Å². The third-order valence-electron chi connectivity index (χ3n) is 4.84. The number of hydrogen-bond donors (Lipinski definition) is 2. The number of nitrogens with one attached hydrogen (secondary N) is 1. The van der Waals surface area contributed by atoms with Crippen molar-refractivity contribution in [3.63, 3.8) is 0 Å². The molecule has 0 saturated heterocycles. The second-order valence-electron chi connectivity index (χ2n) is 6.30. The van der Waals surface area contributed by atoms with E-state index in [1.54, 1.807) is 6.07 Å². The van der Waals surface area contributed by atoms with E-state index in [4.69, 9.17) is 0 Å². The number of fused-ring (bicyclic) bond motifs is 1. The summed E-state index contributed by atoms with van der Waals surface area (Å²) in [4.78, 5) is 16.3. The van der Waals surface area contributed by atoms with Gasteiger partial charge in [-0.05, 0) is 49.1 Å². The average molecular weight is 337 g/mol. The number of hydrogen-bond acceptors (Lipinski definition) is 3. The van der Waals surface area contributed by atoms with Crippen LogP contribution >= 0.6 is 0 Å². The SMILES string of the molecule is CCc1cccc(C)c1CNc1c(C(=O)O)ccc2c1nc(C)n2C. The summed E-state index contributed by atoms with van der Waals surface area (Å²) in [6, 6.07) is 9.72. The maximum Gasteiger partial charge on any atom is 0.337 e. The summed E-state index contributed by atoms with van der Waals surface area (Å²) < 4.78 is 1.97. The number of carboxylic acid groups (broad SMARTS) is 1. The molecule has 5 heteroatoms. The third kappa shape index (κ3) is 2.97. The topological polar surface area (TPSA) is 67.2 Å². The molecule has 0 radical (unpaired) electrons. The summed E-state index contributed by atoms with van der Waals surface area (Å²) in [5.74, 6) is -0.0982. The van der Waals surface area contributed by atoms with Gasteiger partial charge in [-0.3, -0.25) is 0 Å². The Labute approximate surface area is 147 Å². The number of imidazole rings is 1. The number of nitrogens with zero attached hydrogens (tertiary/aromatic N) is 2. The third-order valence-corrected chi connectivity index (χ3v) is 4.84. The van der Waals surface area contributed by atoms with E-state index in [0.717, 1.165) is 17.8 Å². The van der Waals surface area contributed by atoms with Crippen molar-refractivity contribution in [2.24, 2.45) is 7.05 Å². The van der Waals surface area contributed by atoms with E-state index < -0.39 is 5.97 Å². The van der Waals surface area contributed by atoms with Crippen molar-refractivity contribution in [1.82, 2.24) is 9.55 Å². The molecule has 0 saturated carbocycles. The van der Waals surface area contributed by atoms with Crippen LogP contribution in [0.3, 0.4) is 0 Å². The standard InChI is InChI=1S/C20H23N3O2/c1-5-14-8-6-7-12(2)16(14)11-21-18-15(20(24)25)9-10-17-19(18)22-13(3)23(17)4/h6-10,21H,5,11H2,1-4H3,(H,24,25). The van der Waals surface area contributed by atoms with E-state index in [0.29, 0.717) is 17.7 Å². The lowest BCUT2D eigenvalue weighted by Gasteiger charge is -2.15. The highest BCUT2D eigenvalue weighted by Crippen LogP contribution is 2.29. The van der Waals surface area contributed by atoms with Crippen LogP contribution < -0.4 is 5.32 Å². The fraction of sp³-hybridized carbons (Fsp3) is 0.300. The fourth-order valence-corrected chi connectivity index (χ4v) is 3.26. The van der Waals surface area contributed by atoms with E-state index in [1.165, 1.54) is 16.7 Å². The highest BCUT2D eigenvalue weighted by molar-refractivity contribution is 6.03. The summed E-state index contributed by atoms with van der Waals surface area (Å²) in [5, 5.41) is 12.9. The van der Waals surface area contributed by atoms with Gasteiger partial charge in [-0.1, -0.05) is 25.1 Å². The van der Waals surface area contributed by atoms with E-state index in [-0.39, 0.29) is 5.56 Å². The first kappa shape index (κ1) is 17.0. The zero-order valence-corrected chi connectivity index (χ0v) is 15.1. The number of benzene rings is 2. The first-order valence-corrected chi connectivity index (χ1v) is 8.44. The van der Waals surface area contributed by atoms with Crippen LogP contribution in [0.25, 0.3) is 11.0 Å². The molecule has 0 aliphatic heterocycles. The molecule has 0 amide bonds. The molecule has 0 bridgehead atoms. The summed E-state index contributed by atoms with van der Waals surface area (Å²) >= 11 is 0. The van der Waals surface area contributed by atoms with Crippen LogP contribution in [-0.2, 0) is 20.0 Å². The van der Waals surface area contributed by atoms with Gasteiger partial charge in [-0.25, -0.2) is 9.78 Å². The van der Waals surface area contributed by atoms with Crippen molar-refractivity contribution in [1.29, 1.82) is 0 Å². The lowest BCUT2D eigenvalue weighted by molar-refractivity contribution is 0.0698. The number of rotatable bonds is 5. The molecule has 3 rings (SSSR count). The maximum absolute atomic E-state index is 11.7. The first-order valence-electron chi connectivity index (χ1n) is 8.44. The Morgan fingerprint density at radius 1 is 1.24 bits per heavy atom. The molecule has 0 aliphatic carbocycles. The number of aromatic nitrogens is 2. The number of aromatic carboxylic acids is 1. The normalized spacial score (nSPS) is 11.0.